The van der Waals surface area contributed by atoms with Gasteiger partial charge < -0.3 is 10.6 Å². The van der Waals surface area contributed by atoms with Crippen LogP contribution in [0.4, 0.5) is 15.8 Å². The fraction of sp³-hybridized carbons (Fsp3) is 0.333. The first-order valence-electron chi connectivity index (χ1n) is 7.03. The van der Waals surface area contributed by atoms with Crippen LogP contribution in [0.1, 0.15) is 41.9 Å². The molecule has 0 unspecified atom stereocenters. The first-order valence-corrected chi connectivity index (χ1v) is 7.03. The molecule has 1 aromatic heterocycles. The van der Waals surface area contributed by atoms with Gasteiger partial charge in [-0.05, 0) is 44.0 Å². The van der Waals surface area contributed by atoms with Crippen molar-refractivity contribution in [3.05, 3.63) is 41.5 Å². The Labute approximate surface area is 121 Å². The Bertz CT molecular complexity index is 661. The highest BCUT2D eigenvalue weighted by Gasteiger charge is 2.31. The van der Waals surface area contributed by atoms with E-state index >= 15 is 0 Å². The molecule has 1 aliphatic carbocycles. The first kappa shape index (κ1) is 13.6. The number of rotatable bonds is 4. The molecule has 1 heterocycles. The van der Waals surface area contributed by atoms with Crippen LogP contribution in [-0.2, 0) is 0 Å². The van der Waals surface area contributed by atoms with Gasteiger partial charge in [-0.3, -0.25) is 9.89 Å². The molecule has 1 fully saturated rings. The van der Waals surface area contributed by atoms with Crippen LogP contribution in [0.25, 0.3) is 0 Å². The maximum atomic E-state index is 13.0. The number of halogens is 1. The molecule has 1 aliphatic rings. The number of anilines is 2. The van der Waals surface area contributed by atoms with Crippen LogP contribution in [-0.4, -0.2) is 22.6 Å². The highest BCUT2D eigenvalue weighted by molar-refractivity contribution is 6.08. The lowest BCUT2D eigenvalue weighted by Crippen LogP contribution is -2.31. The highest BCUT2D eigenvalue weighted by Crippen LogP contribution is 2.42. The van der Waals surface area contributed by atoms with E-state index in [0.29, 0.717) is 23.8 Å². The van der Waals surface area contributed by atoms with E-state index in [4.69, 9.17) is 5.73 Å². The molecule has 0 atom stereocenters. The van der Waals surface area contributed by atoms with Crippen LogP contribution in [0, 0.1) is 5.82 Å². The van der Waals surface area contributed by atoms with Gasteiger partial charge >= 0.3 is 0 Å². The van der Waals surface area contributed by atoms with Gasteiger partial charge in [0.1, 0.15) is 5.82 Å². The van der Waals surface area contributed by atoms with Gasteiger partial charge in [0, 0.05) is 18.2 Å². The molecular formula is C15H17FN4O. The summed E-state index contributed by atoms with van der Waals surface area (Å²) in [5.41, 5.74) is 8.19. The van der Waals surface area contributed by atoms with E-state index in [1.165, 1.54) is 17.0 Å². The van der Waals surface area contributed by atoms with Crippen molar-refractivity contribution >= 4 is 17.3 Å². The minimum Gasteiger partial charge on any atom is -0.395 e. The first-order chi connectivity index (χ1) is 10.1. The Morgan fingerprint density at radius 3 is 2.67 bits per heavy atom. The average molecular weight is 288 g/mol. The van der Waals surface area contributed by atoms with Crippen molar-refractivity contribution in [2.75, 3.05) is 17.2 Å². The molecule has 0 bridgehead atoms. The van der Waals surface area contributed by atoms with Crippen molar-refractivity contribution in [1.29, 1.82) is 0 Å². The number of carbonyl (C=O) groups is 1. The maximum Gasteiger partial charge on any atom is 0.280 e. The normalized spacial score (nSPS) is 14.2. The van der Waals surface area contributed by atoms with Gasteiger partial charge in [-0.25, -0.2) is 4.39 Å². The molecule has 1 amide bonds. The summed E-state index contributed by atoms with van der Waals surface area (Å²) in [6.45, 7) is 2.31. The third kappa shape index (κ3) is 2.49. The van der Waals surface area contributed by atoms with Crippen LogP contribution in [0.3, 0.4) is 0 Å². The number of amides is 1. The Morgan fingerprint density at radius 2 is 2.10 bits per heavy atom. The van der Waals surface area contributed by atoms with E-state index in [1.807, 2.05) is 6.92 Å². The van der Waals surface area contributed by atoms with E-state index in [-0.39, 0.29) is 17.4 Å². The van der Waals surface area contributed by atoms with Crippen molar-refractivity contribution in [1.82, 2.24) is 10.2 Å². The van der Waals surface area contributed by atoms with Crippen molar-refractivity contribution < 1.29 is 9.18 Å². The van der Waals surface area contributed by atoms with Crippen molar-refractivity contribution in [2.24, 2.45) is 0 Å². The Kier molecular flexibility index (Phi) is 3.37. The molecule has 3 N–H and O–H groups in total. The van der Waals surface area contributed by atoms with E-state index in [1.54, 1.807) is 12.1 Å². The molecule has 6 heteroatoms. The molecule has 2 aromatic rings. The molecule has 3 rings (SSSR count). The summed E-state index contributed by atoms with van der Waals surface area (Å²) in [7, 11) is 0. The number of nitrogens with zero attached hydrogens (tertiary/aromatic N) is 2. The molecule has 110 valence electrons. The second-order valence-corrected chi connectivity index (χ2v) is 5.20. The molecule has 1 aromatic carbocycles. The molecule has 0 radical (unpaired) electrons. The van der Waals surface area contributed by atoms with Crippen molar-refractivity contribution in [3.8, 4) is 0 Å². The summed E-state index contributed by atoms with van der Waals surface area (Å²) in [6.07, 6.45) is 2.16. The second kappa shape index (κ2) is 5.20. The fourth-order valence-corrected chi connectivity index (χ4v) is 2.40. The molecule has 5 nitrogen and oxygen atoms in total. The second-order valence-electron chi connectivity index (χ2n) is 5.20. The minimum absolute atomic E-state index is 0.239. The number of carbonyl (C=O) groups excluding carboxylic acids is 1. The van der Waals surface area contributed by atoms with Gasteiger partial charge in [-0.2, -0.15) is 5.10 Å². The quantitative estimate of drug-likeness (QED) is 0.908. The van der Waals surface area contributed by atoms with Gasteiger partial charge in [0.25, 0.3) is 5.91 Å². The summed E-state index contributed by atoms with van der Waals surface area (Å²) in [5, 5.41) is 6.95. The maximum absolute atomic E-state index is 13.0. The summed E-state index contributed by atoms with van der Waals surface area (Å²) in [4.78, 5) is 14.1. The van der Waals surface area contributed by atoms with E-state index in [2.05, 4.69) is 10.2 Å². The topological polar surface area (TPSA) is 75.0 Å². The van der Waals surface area contributed by atoms with Crippen LogP contribution in [0.15, 0.2) is 24.3 Å². The molecule has 0 spiro atoms. The number of aromatic amines is 1. The monoisotopic (exact) mass is 288 g/mol. The summed E-state index contributed by atoms with van der Waals surface area (Å²) < 4.78 is 13.0. The number of hydrogen-bond donors (Lipinski definition) is 2. The van der Waals surface area contributed by atoms with Crippen molar-refractivity contribution in [3.63, 3.8) is 0 Å². The number of aromatic nitrogens is 2. The van der Waals surface area contributed by atoms with Gasteiger partial charge in [0.15, 0.2) is 5.69 Å². The fourth-order valence-electron chi connectivity index (χ4n) is 2.40. The van der Waals surface area contributed by atoms with Crippen molar-refractivity contribution in [2.45, 2.75) is 25.7 Å². The lowest BCUT2D eigenvalue weighted by Gasteiger charge is -2.20. The standard InChI is InChI=1S/C15H17FN4O/c1-2-20(11-7-5-10(16)6-8-11)15(21)14-12(17)13(18-19-14)9-3-4-9/h5-9H,2-4,17H2,1H3,(H,18,19). The largest absolute Gasteiger partial charge is 0.395 e. The Hall–Kier alpha value is -2.37. The number of hydrogen-bond acceptors (Lipinski definition) is 3. The van der Waals surface area contributed by atoms with Gasteiger partial charge in [0.05, 0.1) is 11.4 Å². The van der Waals surface area contributed by atoms with Gasteiger partial charge in [-0.1, -0.05) is 0 Å². The zero-order valence-electron chi connectivity index (χ0n) is 11.8. The zero-order chi connectivity index (χ0) is 15.0. The summed E-state index contributed by atoms with van der Waals surface area (Å²) in [6, 6.07) is 5.80. The number of benzene rings is 1. The SMILES string of the molecule is CCN(C(=O)c1n[nH]c(C2CC2)c1N)c1ccc(F)cc1. The Morgan fingerprint density at radius 1 is 1.43 bits per heavy atom. The number of nitrogens with two attached hydrogens (primary N) is 1. The van der Waals surface area contributed by atoms with E-state index < -0.39 is 0 Å². The molecular weight excluding hydrogens is 271 g/mol. The van der Waals surface area contributed by atoms with Gasteiger partial charge in [0.2, 0.25) is 0 Å². The van der Waals surface area contributed by atoms with Crippen LogP contribution >= 0.6 is 0 Å². The van der Waals surface area contributed by atoms with Crippen LogP contribution < -0.4 is 10.6 Å². The third-order valence-electron chi connectivity index (χ3n) is 3.72. The van der Waals surface area contributed by atoms with Crippen LogP contribution in [0.2, 0.25) is 0 Å². The van der Waals surface area contributed by atoms with Gasteiger partial charge in [-0.15, -0.1) is 0 Å². The molecule has 0 aliphatic heterocycles. The lowest BCUT2D eigenvalue weighted by molar-refractivity contribution is 0.0984. The summed E-state index contributed by atoms with van der Waals surface area (Å²) in [5.74, 6) is -0.206. The molecule has 0 saturated heterocycles. The van der Waals surface area contributed by atoms with E-state index in [0.717, 1.165) is 18.5 Å². The number of nitrogens with one attached hydrogen (secondary N) is 1. The van der Waals surface area contributed by atoms with Crippen LogP contribution in [0.5, 0.6) is 0 Å². The number of H-pyrrole nitrogens is 1. The lowest BCUT2D eigenvalue weighted by atomic mass is 10.2. The smallest absolute Gasteiger partial charge is 0.280 e. The number of nitrogen functional groups attached to an aromatic ring is 1. The van der Waals surface area contributed by atoms with E-state index in [9.17, 15) is 9.18 Å². The molecule has 1 saturated carbocycles. The highest BCUT2D eigenvalue weighted by atomic mass is 19.1. The predicted octanol–water partition coefficient (Wildman–Crippen LogP) is 2.68. The molecule has 21 heavy (non-hydrogen) atoms. The minimum atomic E-state index is -0.336. The average Bonchev–Trinajstić information content (AvgIpc) is 3.24. The predicted molar refractivity (Wildman–Crippen MR) is 78.7 cm³/mol. The summed E-state index contributed by atoms with van der Waals surface area (Å²) >= 11 is 0. The third-order valence-corrected chi connectivity index (χ3v) is 3.72. The Balaban J connectivity index is 1.90. The zero-order valence-corrected chi connectivity index (χ0v) is 11.8.